The number of hydrogen-bond acceptors (Lipinski definition) is 5. The van der Waals surface area contributed by atoms with Gasteiger partial charge in [-0.1, -0.05) is 6.07 Å². The Morgan fingerprint density at radius 2 is 2.37 bits per heavy atom. The van der Waals surface area contributed by atoms with Crippen molar-refractivity contribution in [2.24, 2.45) is 0 Å². The Balaban J connectivity index is 2.38. The van der Waals surface area contributed by atoms with Crippen molar-refractivity contribution in [3.63, 3.8) is 0 Å². The fourth-order valence-corrected chi connectivity index (χ4v) is 2.21. The molecule has 0 amide bonds. The van der Waals surface area contributed by atoms with Crippen LogP contribution in [0.5, 0.6) is 0 Å². The SMILES string of the molecule is COC(=O)C1COCCN1c1ccc(C)cc1C#N. The molecule has 1 fully saturated rings. The van der Waals surface area contributed by atoms with Gasteiger partial charge in [0.25, 0.3) is 0 Å². The van der Waals surface area contributed by atoms with Crippen LogP contribution in [0, 0.1) is 18.3 Å². The first-order valence-corrected chi connectivity index (χ1v) is 6.10. The molecule has 1 aromatic carbocycles. The molecule has 5 nitrogen and oxygen atoms in total. The number of nitriles is 1. The summed E-state index contributed by atoms with van der Waals surface area (Å²) < 4.78 is 10.1. The van der Waals surface area contributed by atoms with Crippen molar-refractivity contribution < 1.29 is 14.3 Å². The van der Waals surface area contributed by atoms with Gasteiger partial charge in [-0.05, 0) is 24.6 Å². The Kier molecular flexibility index (Phi) is 4.03. The van der Waals surface area contributed by atoms with Gasteiger partial charge in [0.05, 0.1) is 31.6 Å². The zero-order valence-electron chi connectivity index (χ0n) is 11.0. The number of hydrogen-bond donors (Lipinski definition) is 0. The second-order valence-corrected chi connectivity index (χ2v) is 4.44. The van der Waals surface area contributed by atoms with Crippen LogP contribution in [-0.4, -0.2) is 38.9 Å². The number of carbonyl (C=O) groups excluding carboxylic acids is 1. The van der Waals surface area contributed by atoms with Crippen LogP contribution in [0.2, 0.25) is 0 Å². The number of carbonyl (C=O) groups is 1. The summed E-state index contributed by atoms with van der Waals surface area (Å²) in [5.41, 5.74) is 2.34. The molecule has 0 bridgehead atoms. The smallest absolute Gasteiger partial charge is 0.330 e. The Morgan fingerprint density at radius 1 is 1.58 bits per heavy atom. The molecule has 1 aliphatic heterocycles. The lowest BCUT2D eigenvalue weighted by molar-refractivity contribution is -0.144. The molecule has 0 aliphatic carbocycles. The number of esters is 1. The van der Waals surface area contributed by atoms with E-state index in [9.17, 15) is 10.1 Å². The molecule has 1 unspecified atom stereocenters. The number of rotatable bonds is 2. The minimum Gasteiger partial charge on any atom is -0.467 e. The molecule has 1 aromatic rings. The normalized spacial score (nSPS) is 18.8. The van der Waals surface area contributed by atoms with Crippen molar-refractivity contribution in [3.05, 3.63) is 29.3 Å². The summed E-state index contributed by atoms with van der Waals surface area (Å²) in [4.78, 5) is 13.7. The lowest BCUT2D eigenvalue weighted by Crippen LogP contribution is -2.50. The molecule has 2 rings (SSSR count). The van der Waals surface area contributed by atoms with Crippen molar-refractivity contribution in [3.8, 4) is 6.07 Å². The molecule has 1 atom stereocenters. The summed E-state index contributed by atoms with van der Waals surface area (Å²) in [6, 6.07) is 7.30. The van der Waals surface area contributed by atoms with Crippen molar-refractivity contribution in [1.29, 1.82) is 5.26 Å². The van der Waals surface area contributed by atoms with Gasteiger partial charge < -0.3 is 14.4 Å². The van der Waals surface area contributed by atoms with E-state index in [1.165, 1.54) is 7.11 Å². The first-order chi connectivity index (χ1) is 9.17. The fourth-order valence-electron chi connectivity index (χ4n) is 2.21. The molecule has 0 spiro atoms. The molecule has 0 radical (unpaired) electrons. The monoisotopic (exact) mass is 260 g/mol. The van der Waals surface area contributed by atoms with Crippen molar-refractivity contribution in [1.82, 2.24) is 0 Å². The van der Waals surface area contributed by atoms with Gasteiger partial charge in [-0.3, -0.25) is 0 Å². The van der Waals surface area contributed by atoms with Crippen LogP contribution in [0.15, 0.2) is 18.2 Å². The first-order valence-electron chi connectivity index (χ1n) is 6.10. The molecule has 5 heteroatoms. The zero-order chi connectivity index (χ0) is 13.8. The second-order valence-electron chi connectivity index (χ2n) is 4.44. The van der Waals surface area contributed by atoms with Gasteiger partial charge in [-0.2, -0.15) is 5.26 Å². The quantitative estimate of drug-likeness (QED) is 0.749. The van der Waals surface area contributed by atoms with Crippen LogP contribution in [0.4, 0.5) is 5.69 Å². The predicted molar refractivity (Wildman–Crippen MR) is 69.9 cm³/mol. The average Bonchev–Trinajstić information content (AvgIpc) is 2.46. The van der Waals surface area contributed by atoms with E-state index in [0.717, 1.165) is 11.3 Å². The van der Waals surface area contributed by atoms with Crippen LogP contribution < -0.4 is 4.90 Å². The number of morpholine rings is 1. The van der Waals surface area contributed by atoms with Crippen LogP contribution in [0.1, 0.15) is 11.1 Å². The highest BCUT2D eigenvalue weighted by atomic mass is 16.5. The maximum absolute atomic E-state index is 11.8. The van der Waals surface area contributed by atoms with E-state index in [1.807, 2.05) is 30.0 Å². The highest BCUT2D eigenvalue weighted by Crippen LogP contribution is 2.25. The van der Waals surface area contributed by atoms with Crippen LogP contribution in [0.25, 0.3) is 0 Å². The summed E-state index contributed by atoms with van der Waals surface area (Å²) >= 11 is 0. The molecule has 1 saturated heterocycles. The molecule has 0 N–H and O–H groups in total. The van der Waals surface area contributed by atoms with E-state index in [0.29, 0.717) is 18.7 Å². The van der Waals surface area contributed by atoms with Gasteiger partial charge >= 0.3 is 5.97 Å². The molecule has 1 heterocycles. The molecular weight excluding hydrogens is 244 g/mol. The van der Waals surface area contributed by atoms with Gasteiger partial charge in [-0.15, -0.1) is 0 Å². The van der Waals surface area contributed by atoms with Crippen LogP contribution in [-0.2, 0) is 14.3 Å². The van der Waals surface area contributed by atoms with Gasteiger partial charge in [-0.25, -0.2) is 4.79 Å². The van der Waals surface area contributed by atoms with Gasteiger partial charge in [0.15, 0.2) is 6.04 Å². The molecule has 1 aliphatic rings. The number of ether oxygens (including phenoxy) is 2. The zero-order valence-corrected chi connectivity index (χ0v) is 11.0. The van der Waals surface area contributed by atoms with Gasteiger partial charge in [0, 0.05) is 6.54 Å². The average molecular weight is 260 g/mol. The topological polar surface area (TPSA) is 62.6 Å². The summed E-state index contributed by atoms with van der Waals surface area (Å²) in [5.74, 6) is -0.343. The van der Waals surface area contributed by atoms with E-state index in [4.69, 9.17) is 9.47 Å². The van der Waals surface area contributed by atoms with Gasteiger partial charge in [0.1, 0.15) is 6.07 Å². The highest BCUT2D eigenvalue weighted by molar-refractivity contribution is 5.81. The lowest BCUT2D eigenvalue weighted by atomic mass is 10.1. The third-order valence-electron chi connectivity index (χ3n) is 3.18. The van der Waals surface area contributed by atoms with E-state index in [-0.39, 0.29) is 12.6 Å². The van der Waals surface area contributed by atoms with Crippen LogP contribution >= 0.6 is 0 Å². The summed E-state index contributed by atoms with van der Waals surface area (Å²) in [6.45, 7) is 3.32. The Morgan fingerprint density at radius 3 is 3.05 bits per heavy atom. The molecule has 19 heavy (non-hydrogen) atoms. The van der Waals surface area contributed by atoms with E-state index >= 15 is 0 Å². The van der Waals surface area contributed by atoms with E-state index < -0.39 is 6.04 Å². The fraction of sp³-hybridized carbons (Fsp3) is 0.429. The van der Waals surface area contributed by atoms with E-state index in [1.54, 1.807) is 0 Å². The number of methoxy groups -OCH3 is 1. The third-order valence-corrected chi connectivity index (χ3v) is 3.18. The van der Waals surface area contributed by atoms with Crippen molar-refractivity contribution >= 4 is 11.7 Å². The first kappa shape index (κ1) is 13.4. The number of nitrogens with zero attached hydrogens (tertiary/aromatic N) is 2. The maximum atomic E-state index is 11.8. The Bertz CT molecular complexity index is 522. The molecule has 0 aromatic heterocycles. The third kappa shape index (κ3) is 2.69. The van der Waals surface area contributed by atoms with E-state index in [2.05, 4.69) is 6.07 Å². The molecule has 100 valence electrons. The minimum absolute atomic E-state index is 0.283. The summed E-state index contributed by atoms with van der Waals surface area (Å²) in [7, 11) is 1.36. The number of anilines is 1. The van der Waals surface area contributed by atoms with Crippen LogP contribution in [0.3, 0.4) is 0 Å². The number of aryl methyl sites for hydroxylation is 1. The largest absolute Gasteiger partial charge is 0.467 e. The molecular formula is C14H16N2O3. The van der Waals surface area contributed by atoms with Gasteiger partial charge in [0.2, 0.25) is 0 Å². The summed E-state index contributed by atoms with van der Waals surface area (Å²) in [6.07, 6.45) is 0. The maximum Gasteiger partial charge on any atom is 0.330 e. The number of benzene rings is 1. The standard InChI is InChI=1S/C14H16N2O3/c1-10-3-4-12(11(7-10)8-15)16-5-6-19-9-13(16)14(17)18-2/h3-4,7,13H,5-6,9H2,1-2H3. The minimum atomic E-state index is -0.492. The second kappa shape index (κ2) is 5.72. The Labute approximate surface area is 112 Å². The molecule has 0 saturated carbocycles. The highest BCUT2D eigenvalue weighted by Gasteiger charge is 2.31. The lowest BCUT2D eigenvalue weighted by Gasteiger charge is -2.35. The summed E-state index contributed by atoms with van der Waals surface area (Å²) in [5, 5.41) is 9.23. The van der Waals surface area contributed by atoms with Crippen molar-refractivity contribution in [2.45, 2.75) is 13.0 Å². The Hall–Kier alpha value is -2.06. The van der Waals surface area contributed by atoms with Crippen molar-refractivity contribution in [2.75, 3.05) is 31.8 Å². The predicted octanol–water partition coefficient (Wildman–Crippen LogP) is 1.24.